The quantitative estimate of drug-likeness (QED) is 0.528. The van der Waals surface area contributed by atoms with Gasteiger partial charge in [0.25, 0.3) is 0 Å². The van der Waals surface area contributed by atoms with Crippen molar-refractivity contribution in [2.75, 3.05) is 7.11 Å². The van der Waals surface area contributed by atoms with Crippen molar-refractivity contribution in [3.05, 3.63) is 28.7 Å². The number of ether oxygens (including phenoxy) is 1. The summed E-state index contributed by atoms with van der Waals surface area (Å²) in [4.78, 5) is 21.2. The summed E-state index contributed by atoms with van der Waals surface area (Å²) >= 11 is 0. The van der Waals surface area contributed by atoms with E-state index >= 15 is 0 Å². The molecule has 0 spiro atoms. The van der Waals surface area contributed by atoms with Gasteiger partial charge >= 0.3 is 0 Å². The second-order valence-electron chi connectivity index (χ2n) is 2.53. The first-order chi connectivity index (χ1) is 6.19. The Kier molecular flexibility index (Phi) is 2.74. The highest BCUT2D eigenvalue weighted by molar-refractivity contribution is 5.95. The van der Waals surface area contributed by atoms with Crippen molar-refractivity contribution in [1.29, 1.82) is 0 Å². The van der Waals surface area contributed by atoms with Crippen LogP contribution in [0, 0.1) is 4.91 Å². The third-order valence-corrected chi connectivity index (χ3v) is 1.68. The summed E-state index contributed by atoms with van der Waals surface area (Å²) in [7, 11) is 1.42. The molecule has 0 aliphatic carbocycles. The van der Waals surface area contributed by atoms with E-state index in [1.165, 1.54) is 26.2 Å². The number of hydrogen-bond donors (Lipinski definition) is 0. The Morgan fingerprint density at radius 1 is 1.46 bits per heavy atom. The number of carbonyl (C=O) groups excluding carboxylic acids is 1. The fourth-order valence-electron chi connectivity index (χ4n) is 0.972. The van der Waals surface area contributed by atoms with Crippen LogP contribution in [0.3, 0.4) is 0 Å². The molecule has 0 N–H and O–H groups in total. The van der Waals surface area contributed by atoms with Crippen LogP contribution in [0.1, 0.15) is 17.3 Å². The van der Waals surface area contributed by atoms with E-state index in [4.69, 9.17) is 4.74 Å². The van der Waals surface area contributed by atoms with Gasteiger partial charge in [-0.25, -0.2) is 0 Å². The van der Waals surface area contributed by atoms with Crippen LogP contribution in [0.25, 0.3) is 0 Å². The van der Waals surface area contributed by atoms with Crippen molar-refractivity contribution < 1.29 is 9.53 Å². The largest absolute Gasteiger partial charge is 0.494 e. The summed E-state index contributed by atoms with van der Waals surface area (Å²) < 4.78 is 4.88. The van der Waals surface area contributed by atoms with Crippen molar-refractivity contribution in [1.82, 2.24) is 0 Å². The second kappa shape index (κ2) is 3.80. The van der Waals surface area contributed by atoms with Crippen molar-refractivity contribution >= 4 is 11.5 Å². The van der Waals surface area contributed by atoms with E-state index in [-0.39, 0.29) is 11.5 Å². The molecule has 0 aliphatic heterocycles. The van der Waals surface area contributed by atoms with Crippen molar-refractivity contribution in [3.8, 4) is 5.75 Å². The van der Waals surface area contributed by atoms with E-state index in [9.17, 15) is 9.70 Å². The lowest BCUT2D eigenvalue weighted by molar-refractivity contribution is 0.101. The normalized spacial score (nSPS) is 9.38. The molecule has 0 saturated heterocycles. The van der Waals surface area contributed by atoms with E-state index in [0.717, 1.165) is 0 Å². The molecule has 0 radical (unpaired) electrons. The summed E-state index contributed by atoms with van der Waals surface area (Å²) in [5.74, 6) is 0.249. The Morgan fingerprint density at radius 3 is 2.62 bits per heavy atom. The number of carbonyl (C=O) groups is 1. The minimum Gasteiger partial charge on any atom is -0.494 e. The molecule has 0 heterocycles. The Hall–Kier alpha value is -1.71. The molecule has 0 bridgehead atoms. The Balaban J connectivity index is 3.20. The van der Waals surface area contributed by atoms with E-state index in [1.54, 1.807) is 6.07 Å². The van der Waals surface area contributed by atoms with Crippen LogP contribution in [-0.4, -0.2) is 12.9 Å². The molecule has 0 amide bonds. The van der Waals surface area contributed by atoms with Crippen LogP contribution in [0.5, 0.6) is 5.75 Å². The number of ketones is 1. The zero-order valence-corrected chi connectivity index (χ0v) is 7.40. The SMILES string of the molecule is COc1cc(C(C)=O)ccc1N=O. The molecular weight excluding hydrogens is 170 g/mol. The summed E-state index contributed by atoms with van der Waals surface area (Å²) in [5, 5.41) is 2.76. The lowest BCUT2D eigenvalue weighted by Crippen LogP contribution is -1.92. The van der Waals surface area contributed by atoms with Crippen LogP contribution in [0.2, 0.25) is 0 Å². The van der Waals surface area contributed by atoms with E-state index < -0.39 is 0 Å². The molecule has 0 aliphatic rings. The Morgan fingerprint density at radius 2 is 2.15 bits per heavy atom. The number of benzene rings is 1. The molecule has 1 rings (SSSR count). The molecule has 1 aromatic carbocycles. The van der Waals surface area contributed by atoms with Gasteiger partial charge in [0.1, 0.15) is 11.4 Å². The van der Waals surface area contributed by atoms with Gasteiger partial charge in [0.15, 0.2) is 5.78 Å². The highest BCUT2D eigenvalue weighted by Gasteiger charge is 2.06. The lowest BCUT2D eigenvalue weighted by atomic mass is 10.1. The molecule has 1 aromatic rings. The van der Waals surface area contributed by atoms with Gasteiger partial charge in [0.2, 0.25) is 0 Å². The molecule has 4 heteroatoms. The highest BCUT2D eigenvalue weighted by Crippen LogP contribution is 2.27. The molecule has 0 fully saturated rings. The molecule has 0 saturated carbocycles. The average molecular weight is 179 g/mol. The van der Waals surface area contributed by atoms with Gasteiger partial charge < -0.3 is 4.74 Å². The molecule has 0 atom stereocenters. The summed E-state index contributed by atoms with van der Waals surface area (Å²) in [6.07, 6.45) is 0. The van der Waals surface area contributed by atoms with Crippen LogP contribution < -0.4 is 4.74 Å². The monoisotopic (exact) mass is 179 g/mol. The zero-order chi connectivity index (χ0) is 9.84. The van der Waals surface area contributed by atoms with Gasteiger partial charge in [-0.3, -0.25) is 4.79 Å². The molecular formula is C9H9NO3. The predicted molar refractivity (Wildman–Crippen MR) is 48.5 cm³/mol. The predicted octanol–water partition coefficient (Wildman–Crippen LogP) is 2.30. The van der Waals surface area contributed by atoms with E-state index in [0.29, 0.717) is 11.3 Å². The molecule has 68 valence electrons. The van der Waals surface area contributed by atoms with Gasteiger partial charge in [0, 0.05) is 5.56 Å². The summed E-state index contributed by atoms with van der Waals surface area (Å²) in [5.41, 5.74) is 0.705. The number of nitrogens with zero attached hydrogens (tertiary/aromatic N) is 1. The number of Topliss-reactive ketones (excluding diaryl/α,β-unsaturated/α-hetero) is 1. The van der Waals surface area contributed by atoms with Crippen molar-refractivity contribution in [3.63, 3.8) is 0 Å². The van der Waals surface area contributed by atoms with Gasteiger partial charge in [-0.1, -0.05) is 0 Å². The smallest absolute Gasteiger partial charge is 0.159 e. The molecule has 0 aromatic heterocycles. The van der Waals surface area contributed by atoms with Crippen molar-refractivity contribution in [2.45, 2.75) is 6.92 Å². The van der Waals surface area contributed by atoms with Crippen molar-refractivity contribution in [2.24, 2.45) is 5.18 Å². The van der Waals surface area contributed by atoms with Gasteiger partial charge in [-0.05, 0) is 30.3 Å². The second-order valence-corrected chi connectivity index (χ2v) is 2.53. The minimum absolute atomic E-state index is 0.0734. The third-order valence-electron chi connectivity index (χ3n) is 1.68. The summed E-state index contributed by atoms with van der Waals surface area (Å²) in [6.45, 7) is 1.45. The van der Waals surface area contributed by atoms with Gasteiger partial charge in [0.05, 0.1) is 7.11 Å². The molecule has 0 unspecified atom stereocenters. The topological polar surface area (TPSA) is 55.7 Å². The maximum atomic E-state index is 10.9. The molecule has 4 nitrogen and oxygen atoms in total. The first-order valence-electron chi connectivity index (χ1n) is 3.71. The van der Waals surface area contributed by atoms with Crippen LogP contribution in [0.15, 0.2) is 23.4 Å². The fraction of sp³-hybridized carbons (Fsp3) is 0.222. The molecule has 13 heavy (non-hydrogen) atoms. The average Bonchev–Trinajstić information content (AvgIpc) is 2.16. The Bertz CT molecular complexity index is 347. The fourth-order valence-corrected chi connectivity index (χ4v) is 0.972. The van der Waals surface area contributed by atoms with Crippen LogP contribution >= 0.6 is 0 Å². The van der Waals surface area contributed by atoms with E-state index in [2.05, 4.69) is 5.18 Å². The third kappa shape index (κ3) is 1.90. The minimum atomic E-state index is -0.0734. The van der Waals surface area contributed by atoms with Gasteiger partial charge in [-0.2, -0.15) is 0 Å². The maximum Gasteiger partial charge on any atom is 0.159 e. The first kappa shape index (κ1) is 9.38. The highest BCUT2D eigenvalue weighted by atomic mass is 16.5. The van der Waals surface area contributed by atoms with Crippen LogP contribution in [-0.2, 0) is 0 Å². The first-order valence-corrected chi connectivity index (χ1v) is 3.71. The zero-order valence-electron chi connectivity index (χ0n) is 7.40. The van der Waals surface area contributed by atoms with Gasteiger partial charge in [-0.15, -0.1) is 4.91 Å². The number of hydrogen-bond acceptors (Lipinski definition) is 4. The summed E-state index contributed by atoms with van der Waals surface area (Å²) in [6, 6.07) is 4.50. The number of methoxy groups -OCH3 is 1. The number of rotatable bonds is 3. The standard InChI is InChI=1S/C9H9NO3/c1-6(11)7-3-4-8(10-12)9(5-7)13-2/h3-5H,1-2H3. The Labute approximate surface area is 75.5 Å². The van der Waals surface area contributed by atoms with Crippen LogP contribution in [0.4, 0.5) is 5.69 Å². The van der Waals surface area contributed by atoms with E-state index in [1.807, 2.05) is 0 Å². The number of nitroso groups, excluding NO2 is 1. The maximum absolute atomic E-state index is 10.9. The lowest BCUT2D eigenvalue weighted by Gasteiger charge is -2.02.